The highest BCUT2D eigenvalue weighted by Crippen LogP contribution is 2.43. The Balaban J connectivity index is 1.95. The smallest absolute Gasteiger partial charge is 0.301 e. The topological polar surface area (TPSA) is 109 Å². The van der Waals surface area contributed by atoms with Crippen LogP contribution >= 0.6 is 0 Å². The molecule has 1 aromatic carbocycles. The number of anilines is 1. The van der Waals surface area contributed by atoms with E-state index in [1.165, 1.54) is 4.90 Å². The van der Waals surface area contributed by atoms with Crippen LogP contribution in [0.4, 0.5) is 5.82 Å². The zero-order valence-electron chi connectivity index (χ0n) is 18.6. The summed E-state index contributed by atoms with van der Waals surface area (Å²) in [7, 11) is 0. The van der Waals surface area contributed by atoms with Crippen molar-refractivity contribution < 1.29 is 24.0 Å². The number of benzene rings is 1. The summed E-state index contributed by atoms with van der Waals surface area (Å²) in [4.78, 5) is 30.6. The molecular weight excluding hydrogens is 410 g/mol. The van der Waals surface area contributed by atoms with Gasteiger partial charge in [-0.25, -0.2) is 0 Å². The van der Waals surface area contributed by atoms with E-state index in [1.54, 1.807) is 50.4 Å². The Morgan fingerprint density at radius 2 is 1.97 bits per heavy atom. The monoisotopic (exact) mass is 435 g/mol. The van der Waals surface area contributed by atoms with Gasteiger partial charge >= 0.3 is 5.91 Å². The van der Waals surface area contributed by atoms with Gasteiger partial charge in [0.05, 0.1) is 17.7 Å². The first-order chi connectivity index (χ1) is 15.2. The zero-order valence-corrected chi connectivity index (χ0v) is 18.6. The van der Waals surface area contributed by atoms with Gasteiger partial charge in [-0.2, -0.15) is 0 Å². The maximum Gasteiger partial charge on any atom is 0.301 e. The summed E-state index contributed by atoms with van der Waals surface area (Å²) >= 11 is 0. The number of aromatic nitrogens is 2. The molecule has 4 rings (SSSR count). The first-order valence-electron chi connectivity index (χ1n) is 10.3. The first kappa shape index (κ1) is 21.4. The van der Waals surface area contributed by atoms with Crippen LogP contribution in [0.15, 0.2) is 46.6 Å². The molecule has 2 aromatic heterocycles. The zero-order chi connectivity index (χ0) is 23.2. The van der Waals surface area contributed by atoms with Crippen LogP contribution < -0.4 is 9.64 Å². The average molecular weight is 435 g/mol. The second-order valence-corrected chi connectivity index (χ2v) is 8.18. The Kier molecular flexibility index (Phi) is 5.38. The van der Waals surface area contributed by atoms with Gasteiger partial charge in [0.2, 0.25) is 0 Å². The summed E-state index contributed by atoms with van der Waals surface area (Å²) in [6.45, 7) is 9.14. The summed E-state index contributed by atoms with van der Waals surface area (Å²) in [6.07, 6.45) is 1.69. The summed E-state index contributed by atoms with van der Waals surface area (Å²) in [5.41, 5.74) is 2.55. The van der Waals surface area contributed by atoms with Gasteiger partial charge in [0, 0.05) is 23.5 Å². The van der Waals surface area contributed by atoms with Crippen LogP contribution in [0.5, 0.6) is 5.75 Å². The molecule has 0 aliphatic carbocycles. The van der Waals surface area contributed by atoms with E-state index in [0.717, 1.165) is 5.56 Å². The van der Waals surface area contributed by atoms with Gasteiger partial charge in [-0.1, -0.05) is 17.3 Å². The quantitative estimate of drug-likeness (QED) is 0.351. The number of Topliss-reactive ketones (excluding diaryl/α,β-unsaturated/α-hetero) is 1. The van der Waals surface area contributed by atoms with Crippen LogP contribution in [0.1, 0.15) is 48.0 Å². The Morgan fingerprint density at radius 1 is 1.22 bits per heavy atom. The molecule has 3 aromatic rings. The van der Waals surface area contributed by atoms with E-state index in [1.807, 2.05) is 20.8 Å². The number of nitrogens with one attached hydrogen (secondary N) is 1. The van der Waals surface area contributed by atoms with Crippen molar-refractivity contribution in [1.29, 1.82) is 0 Å². The molecule has 1 amide bonds. The lowest BCUT2D eigenvalue weighted by atomic mass is 9.94. The number of carbonyl (C=O) groups is 2. The van der Waals surface area contributed by atoms with E-state index in [9.17, 15) is 14.7 Å². The molecule has 3 heterocycles. The highest BCUT2D eigenvalue weighted by Gasteiger charge is 2.48. The molecular formula is C24H25N3O5. The van der Waals surface area contributed by atoms with Gasteiger partial charge in [-0.05, 0) is 57.9 Å². The molecule has 2 N–H and O–H groups in total. The highest BCUT2D eigenvalue weighted by atomic mass is 16.5. The minimum Gasteiger partial charge on any atom is -0.507 e. The van der Waals surface area contributed by atoms with E-state index < -0.39 is 17.7 Å². The minimum absolute atomic E-state index is 0.0110. The largest absolute Gasteiger partial charge is 0.507 e. The van der Waals surface area contributed by atoms with Crippen molar-refractivity contribution in [1.82, 2.24) is 10.1 Å². The van der Waals surface area contributed by atoms with Crippen LogP contribution in [0, 0.1) is 20.8 Å². The second-order valence-electron chi connectivity index (χ2n) is 8.18. The van der Waals surface area contributed by atoms with Gasteiger partial charge in [0.15, 0.2) is 5.82 Å². The van der Waals surface area contributed by atoms with E-state index >= 15 is 0 Å². The van der Waals surface area contributed by atoms with Gasteiger partial charge in [0.25, 0.3) is 5.78 Å². The van der Waals surface area contributed by atoms with E-state index in [-0.39, 0.29) is 23.3 Å². The Bertz CT molecular complexity index is 1210. The molecule has 1 saturated heterocycles. The summed E-state index contributed by atoms with van der Waals surface area (Å²) in [5, 5.41) is 15.2. The molecule has 0 radical (unpaired) electrons. The molecule has 8 nitrogen and oxygen atoms in total. The van der Waals surface area contributed by atoms with Gasteiger partial charge in [-0.15, -0.1) is 0 Å². The van der Waals surface area contributed by atoms with Gasteiger partial charge in [-0.3, -0.25) is 14.5 Å². The minimum atomic E-state index is -0.899. The van der Waals surface area contributed by atoms with Crippen LogP contribution in [-0.2, 0) is 9.59 Å². The Hall–Kier alpha value is -3.81. The van der Waals surface area contributed by atoms with Crippen LogP contribution in [-0.4, -0.2) is 33.0 Å². The fourth-order valence-corrected chi connectivity index (χ4v) is 4.04. The van der Waals surface area contributed by atoms with Crippen LogP contribution in [0.25, 0.3) is 5.76 Å². The van der Waals surface area contributed by atoms with Crippen molar-refractivity contribution >= 4 is 23.3 Å². The number of hydrogen-bond acceptors (Lipinski definition) is 6. The Labute approximate surface area is 185 Å². The fourth-order valence-electron chi connectivity index (χ4n) is 4.04. The third-order valence-electron chi connectivity index (χ3n) is 5.36. The number of aromatic amines is 1. The SMILES string of the molecule is Cc1cc(N2C(=O)C(=O)/C(=C(/O)c3c(C)c[nH]c3C)C2c2cccc(OC(C)C)c2)no1. The lowest BCUT2D eigenvalue weighted by molar-refractivity contribution is -0.132. The maximum absolute atomic E-state index is 13.2. The molecule has 8 heteroatoms. The predicted octanol–water partition coefficient (Wildman–Crippen LogP) is 4.34. The third-order valence-corrected chi connectivity index (χ3v) is 5.36. The van der Waals surface area contributed by atoms with Gasteiger partial charge < -0.3 is 19.4 Å². The standard InChI is InChI=1S/C24H25N3O5/c1-12(2)31-17-8-6-7-16(10-17)21-20(22(28)19-13(3)11-25-15(19)5)23(29)24(30)27(21)18-9-14(4)32-26-18/h6-12,21,25,28H,1-5H3/b22-20+. The van der Waals surface area contributed by atoms with Gasteiger partial charge in [0.1, 0.15) is 17.3 Å². The van der Waals surface area contributed by atoms with Crippen molar-refractivity contribution in [2.45, 2.75) is 46.8 Å². The number of H-pyrrole nitrogens is 1. The number of rotatable bonds is 5. The molecule has 1 unspecified atom stereocenters. The Morgan fingerprint density at radius 3 is 2.56 bits per heavy atom. The highest BCUT2D eigenvalue weighted by molar-refractivity contribution is 6.51. The summed E-state index contributed by atoms with van der Waals surface area (Å²) in [5.74, 6) is -0.522. The number of aliphatic hydroxyl groups is 1. The fraction of sp³-hybridized carbons (Fsp3) is 0.292. The van der Waals surface area contributed by atoms with E-state index in [2.05, 4.69) is 10.1 Å². The van der Waals surface area contributed by atoms with E-state index in [0.29, 0.717) is 28.3 Å². The molecule has 32 heavy (non-hydrogen) atoms. The molecule has 166 valence electrons. The summed E-state index contributed by atoms with van der Waals surface area (Å²) < 4.78 is 11.0. The van der Waals surface area contributed by atoms with Crippen molar-refractivity contribution in [2.75, 3.05) is 4.90 Å². The van der Waals surface area contributed by atoms with E-state index in [4.69, 9.17) is 9.26 Å². The number of carbonyl (C=O) groups excluding carboxylic acids is 2. The van der Waals surface area contributed by atoms with Crippen LogP contribution in [0.3, 0.4) is 0 Å². The van der Waals surface area contributed by atoms with Crippen molar-refractivity contribution in [3.05, 3.63) is 70.2 Å². The van der Waals surface area contributed by atoms with Crippen molar-refractivity contribution in [3.8, 4) is 5.75 Å². The molecule has 1 atom stereocenters. The number of ketones is 1. The molecule has 0 saturated carbocycles. The normalized spacial score (nSPS) is 18.1. The third kappa shape index (κ3) is 3.57. The second kappa shape index (κ2) is 8.03. The number of ether oxygens (including phenoxy) is 1. The molecule has 0 spiro atoms. The lowest BCUT2D eigenvalue weighted by Gasteiger charge is -2.23. The molecule has 1 aliphatic heterocycles. The number of aliphatic hydroxyl groups excluding tert-OH is 1. The average Bonchev–Trinajstić information content (AvgIpc) is 3.38. The molecule has 1 aliphatic rings. The molecule has 1 fully saturated rings. The van der Waals surface area contributed by atoms with Crippen molar-refractivity contribution in [3.63, 3.8) is 0 Å². The van der Waals surface area contributed by atoms with Crippen molar-refractivity contribution in [2.24, 2.45) is 0 Å². The number of nitrogens with zero attached hydrogens (tertiary/aromatic N) is 2. The van der Waals surface area contributed by atoms with Crippen LogP contribution in [0.2, 0.25) is 0 Å². The first-order valence-corrected chi connectivity index (χ1v) is 10.3. The predicted molar refractivity (Wildman–Crippen MR) is 118 cm³/mol. The number of aryl methyl sites for hydroxylation is 3. The number of amides is 1. The molecule has 0 bridgehead atoms. The number of hydrogen-bond donors (Lipinski definition) is 2. The summed E-state index contributed by atoms with van der Waals surface area (Å²) in [6, 6.07) is 7.82. The lowest BCUT2D eigenvalue weighted by Crippen LogP contribution is -2.29. The maximum atomic E-state index is 13.2.